The van der Waals surface area contributed by atoms with Crippen LogP contribution in [0.4, 0.5) is 0 Å². The number of rotatable bonds is 3. The molecule has 3 N–H and O–H groups in total. The molecule has 2 aliphatic carbocycles. The Balaban J connectivity index is 1.36. The lowest BCUT2D eigenvalue weighted by molar-refractivity contribution is -0.144. The molecule has 0 bridgehead atoms. The van der Waals surface area contributed by atoms with Crippen LogP contribution in [0.15, 0.2) is 18.2 Å². The summed E-state index contributed by atoms with van der Waals surface area (Å²) in [5.74, 6) is -0.562. The molecular formula is C23H26N4O3. The molecule has 2 fully saturated rings. The van der Waals surface area contributed by atoms with Gasteiger partial charge in [-0.05, 0) is 31.7 Å². The Morgan fingerprint density at radius 1 is 1.23 bits per heavy atom. The first-order valence-corrected chi connectivity index (χ1v) is 10.8. The molecule has 3 aliphatic rings. The summed E-state index contributed by atoms with van der Waals surface area (Å²) < 4.78 is 0. The highest BCUT2D eigenvalue weighted by atomic mass is 16.3. The van der Waals surface area contributed by atoms with Crippen LogP contribution in [-0.4, -0.2) is 38.9 Å². The Morgan fingerprint density at radius 3 is 2.73 bits per heavy atom. The molecule has 1 aromatic carbocycles. The molecule has 7 heteroatoms. The number of benzene rings is 1. The molecule has 7 nitrogen and oxygen atoms in total. The fraction of sp³-hybridized carbons (Fsp3) is 0.522. The molecule has 5 rings (SSSR count). The highest BCUT2D eigenvalue weighted by molar-refractivity contribution is 5.91. The third-order valence-electron chi connectivity index (χ3n) is 7.05. The Hall–Kier alpha value is -3.01. The van der Waals surface area contributed by atoms with E-state index in [0.717, 1.165) is 35.0 Å². The van der Waals surface area contributed by atoms with Crippen LogP contribution < -0.4 is 5.32 Å². The van der Waals surface area contributed by atoms with Gasteiger partial charge in [-0.1, -0.05) is 25.0 Å². The summed E-state index contributed by atoms with van der Waals surface area (Å²) in [6.07, 6.45) is 5.40. The largest absolute Gasteiger partial charge is 0.506 e. The van der Waals surface area contributed by atoms with E-state index in [0.29, 0.717) is 45.2 Å². The van der Waals surface area contributed by atoms with E-state index in [2.05, 4.69) is 16.4 Å². The number of nitriles is 1. The van der Waals surface area contributed by atoms with E-state index < -0.39 is 5.54 Å². The standard InChI is InChI=1S/C23H26N4O3/c24-13-23(9-10-23)26-21(29)15-4-1-2-5-16(15)22(30)27-11-8-18-17(12-27)14-6-3-7-19(28)20(14)25-18/h3,6-7,15-16,25,28H,1-2,4-5,8-12H2,(H,26,29). The first-order chi connectivity index (χ1) is 14.5. The van der Waals surface area contributed by atoms with Crippen LogP contribution >= 0.6 is 0 Å². The Morgan fingerprint density at radius 2 is 2.00 bits per heavy atom. The number of carbonyl (C=O) groups excluding carboxylic acids is 2. The Bertz CT molecular complexity index is 1060. The van der Waals surface area contributed by atoms with Crippen molar-refractivity contribution in [2.24, 2.45) is 11.8 Å². The van der Waals surface area contributed by atoms with Crippen LogP contribution in [-0.2, 0) is 22.6 Å². The minimum atomic E-state index is -0.700. The number of hydrogen-bond acceptors (Lipinski definition) is 4. The number of aromatic amines is 1. The van der Waals surface area contributed by atoms with Crippen molar-refractivity contribution in [2.75, 3.05) is 6.54 Å². The highest BCUT2D eigenvalue weighted by Gasteiger charge is 2.47. The van der Waals surface area contributed by atoms with Gasteiger partial charge >= 0.3 is 0 Å². The van der Waals surface area contributed by atoms with Gasteiger partial charge in [0.25, 0.3) is 0 Å². The number of aromatic nitrogens is 1. The summed E-state index contributed by atoms with van der Waals surface area (Å²) in [6, 6.07) is 7.65. The summed E-state index contributed by atoms with van der Waals surface area (Å²) in [5, 5.41) is 23.3. The number of phenolic OH excluding ortho intramolecular Hbond substituents is 1. The molecule has 1 aromatic heterocycles. The number of hydrogen-bond donors (Lipinski definition) is 3. The summed E-state index contributed by atoms with van der Waals surface area (Å²) in [4.78, 5) is 31.6. The van der Waals surface area contributed by atoms with Crippen LogP contribution in [0.25, 0.3) is 10.9 Å². The quantitative estimate of drug-likeness (QED) is 0.728. The third-order valence-corrected chi connectivity index (χ3v) is 7.05. The lowest BCUT2D eigenvalue weighted by atomic mass is 9.77. The molecule has 0 spiro atoms. The molecule has 2 saturated carbocycles. The summed E-state index contributed by atoms with van der Waals surface area (Å²) in [7, 11) is 0. The monoisotopic (exact) mass is 406 g/mol. The van der Waals surface area contributed by atoms with Crippen molar-refractivity contribution in [1.29, 1.82) is 5.26 Å². The topological polar surface area (TPSA) is 109 Å². The summed E-state index contributed by atoms with van der Waals surface area (Å²) in [6.45, 7) is 1.09. The van der Waals surface area contributed by atoms with Gasteiger partial charge in [0.05, 0.1) is 11.6 Å². The van der Waals surface area contributed by atoms with Gasteiger partial charge in [-0.15, -0.1) is 0 Å². The number of nitrogens with one attached hydrogen (secondary N) is 2. The number of carbonyl (C=O) groups is 2. The van der Waals surface area contributed by atoms with E-state index in [1.54, 1.807) is 6.07 Å². The summed E-state index contributed by atoms with van der Waals surface area (Å²) in [5.41, 5.74) is 2.14. The Kier molecular flexibility index (Phi) is 4.46. The molecule has 30 heavy (non-hydrogen) atoms. The molecule has 1 aliphatic heterocycles. The lowest BCUT2D eigenvalue weighted by Gasteiger charge is -2.36. The number of aromatic hydroxyl groups is 1. The lowest BCUT2D eigenvalue weighted by Crippen LogP contribution is -2.48. The van der Waals surface area contributed by atoms with Gasteiger partial charge < -0.3 is 20.3 Å². The average molecular weight is 406 g/mol. The van der Waals surface area contributed by atoms with E-state index in [1.807, 2.05) is 17.0 Å². The van der Waals surface area contributed by atoms with E-state index in [9.17, 15) is 20.0 Å². The molecule has 2 amide bonds. The van der Waals surface area contributed by atoms with Gasteiger partial charge in [0.1, 0.15) is 11.3 Å². The second-order valence-electron chi connectivity index (χ2n) is 8.97. The van der Waals surface area contributed by atoms with Gasteiger partial charge in [0, 0.05) is 48.0 Å². The maximum atomic E-state index is 13.5. The smallest absolute Gasteiger partial charge is 0.226 e. The van der Waals surface area contributed by atoms with Crippen LogP contribution in [0.3, 0.4) is 0 Å². The normalized spacial score (nSPS) is 24.7. The SMILES string of the molecule is N#CC1(NC(=O)C2CCCCC2C(=O)N2CCc3[nH]c4c(O)cccc4c3C2)CC1. The molecular weight excluding hydrogens is 380 g/mol. The van der Waals surface area contributed by atoms with Crippen LogP contribution in [0, 0.1) is 23.2 Å². The van der Waals surface area contributed by atoms with E-state index in [-0.39, 0.29) is 29.4 Å². The summed E-state index contributed by atoms with van der Waals surface area (Å²) >= 11 is 0. The highest BCUT2D eigenvalue weighted by Crippen LogP contribution is 2.38. The first-order valence-electron chi connectivity index (χ1n) is 10.8. The van der Waals surface area contributed by atoms with E-state index >= 15 is 0 Å². The fourth-order valence-electron chi connectivity index (χ4n) is 5.10. The van der Waals surface area contributed by atoms with Crippen molar-refractivity contribution >= 4 is 22.7 Å². The van der Waals surface area contributed by atoms with Crippen LogP contribution in [0.1, 0.15) is 49.8 Å². The number of nitrogens with zero attached hydrogens (tertiary/aromatic N) is 2. The molecule has 2 heterocycles. The number of fused-ring (bicyclic) bond motifs is 3. The van der Waals surface area contributed by atoms with Gasteiger partial charge in [-0.3, -0.25) is 9.59 Å². The predicted octanol–water partition coefficient (Wildman–Crippen LogP) is 2.74. The van der Waals surface area contributed by atoms with Gasteiger partial charge in [0.2, 0.25) is 11.8 Å². The first kappa shape index (κ1) is 19.0. The number of phenols is 1. The maximum Gasteiger partial charge on any atom is 0.226 e. The zero-order valence-corrected chi connectivity index (χ0v) is 16.9. The minimum Gasteiger partial charge on any atom is -0.506 e. The van der Waals surface area contributed by atoms with Crippen molar-refractivity contribution in [3.05, 3.63) is 29.5 Å². The minimum absolute atomic E-state index is 0.0387. The number of amides is 2. The molecule has 0 saturated heterocycles. The zero-order chi connectivity index (χ0) is 20.9. The van der Waals surface area contributed by atoms with Crippen molar-refractivity contribution in [1.82, 2.24) is 15.2 Å². The average Bonchev–Trinajstić information content (AvgIpc) is 3.44. The number of H-pyrrole nitrogens is 1. The van der Waals surface area contributed by atoms with Crippen LogP contribution in [0.2, 0.25) is 0 Å². The maximum absolute atomic E-state index is 13.5. The Labute approximate surface area is 175 Å². The van der Waals surface area contributed by atoms with E-state index in [1.165, 1.54) is 0 Å². The fourth-order valence-corrected chi connectivity index (χ4v) is 5.10. The van der Waals surface area contributed by atoms with Crippen molar-refractivity contribution in [2.45, 2.75) is 57.0 Å². The van der Waals surface area contributed by atoms with Gasteiger partial charge in [0.15, 0.2) is 0 Å². The van der Waals surface area contributed by atoms with Crippen molar-refractivity contribution in [3.8, 4) is 11.8 Å². The van der Waals surface area contributed by atoms with Crippen molar-refractivity contribution < 1.29 is 14.7 Å². The predicted molar refractivity (Wildman–Crippen MR) is 110 cm³/mol. The molecule has 0 radical (unpaired) electrons. The molecule has 2 unspecified atom stereocenters. The molecule has 2 aromatic rings. The number of para-hydroxylation sites is 1. The zero-order valence-electron chi connectivity index (χ0n) is 16.9. The van der Waals surface area contributed by atoms with Gasteiger partial charge in [-0.25, -0.2) is 0 Å². The van der Waals surface area contributed by atoms with E-state index in [4.69, 9.17) is 0 Å². The third kappa shape index (κ3) is 3.11. The van der Waals surface area contributed by atoms with Gasteiger partial charge in [-0.2, -0.15) is 5.26 Å². The van der Waals surface area contributed by atoms with Crippen molar-refractivity contribution in [3.63, 3.8) is 0 Å². The van der Waals surface area contributed by atoms with Crippen LogP contribution in [0.5, 0.6) is 5.75 Å². The second kappa shape index (κ2) is 7.05. The molecule has 2 atom stereocenters. The second-order valence-corrected chi connectivity index (χ2v) is 8.97. The molecule has 156 valence electrons.